The molecule has 4 nitrogen and oxygen atoms in total. The molecule has 1 saturated carbocycles. The Balaban J connectivity index is 2.53. The molecule has 0 aromatic heterocycles. The third-order valence-corrected chi connectivity index (χ3v) is 3.89. The van der Waals surface area contributed by atoms with Gasteiger partial charge in [0.2, 0.25) is 0 Å². The predicted octanol–water partition coefficient (Wildman–Crippen LogP) is 2.68. The Hall–Kier alpha value is -1.84. The second-order valence-corrected chi connectivity index (χ2v) is 5.39. The van der Waals surface area contributed by atoms with Gasteiger partial charge in [-0.15, -0.1) is 0 Å². The molecule has 1 fully saturated rings. The highest BCUT2D eigenvalue weighted by Gasteiger charge is 2.52. The Morgan fingerprint density at radius 3 is 2.50 bits per heavy atom. The molecule has 1 unspecified atom stereocenters. The summed E-state index contributed by atoms with van der Waals surface area (Å²) in [5, 5.41) is 9.77. The third kappa shape index (κ3) is 2.55. The molecule has 0 spiro atoms. The fourth-order valence-corrected chi connectivity index (χ4v) is 2.65. The van der Waals surface area contributed by atoms with E-state index in [0.717, 1.165) is 18.4 Å². The SMILES string of the molecule is CCOC(=O)C(CC1CC1)(C(=O)O)c1ccccc1C. The number of benzene rings is 1. The lowest BCUT2D eigenvalue weighted by Gasteiger charge is -2.29. The molecule has 20 heavy (non-hydrogen) atoms. The van der Waals surface area contributed by atoms with Crippen molar-refractivity contribution in [2.45, 2.75) is 38.5 Å². The molecular weight excluding hydrogens is 256 g/mol. The van der Waals surface area contributed by atoms with Crippen molar-refractivity contribution in [3.05, 3.63) is 35.4 Å². The van der Waals surface area contributed by atoms with Crippen molar-refractivity contribution in [2.24, 2.45) is 5.92 Å². The van der Waals surface area contributed by atoms with Crippen LogP contribution in [0.2, 0.25) is 0 Å². The number of hydrogen-bond acceptors (Lipinski definition) is 3. The summed E-state index contributed by atoms with van der Waals surface area (Å²) in [5.41, 5.74) is -0.204. The van der Waals surface area contributed by atoms with Crippen LogP contribution in [0.1, 0.15) is 37.3 Å². The van der Waals surface area contributed by atoms with E-state index in [0.29, 0.717) is 17.9 Å². The average molecular weight is 276 g/mol. The molecule has 1 aromatic rings. The summed E-state index contributed by atoms with van der Waals surface area (Å²) in [7, 11) is 0. The minimum Gasteiger partial charge on any atom is -0.480 e. The summed E-state index contributed by atoms with van der Waals surface area (Å²) in [6.45, 7) is 3.71. The van der Waals surface area contributed by atoms with Crippen molar-refractivity contribution in [3.63, 3.8) is 0 Å². The van der Waals surface area contributed by atoms with E-state index in [-0.39, 0.29) is 6.61 Å². The van der Waals surface area contributed by atoms with Gasteiger partial charge in [-0.3, -0.25) is 9.59 Å². The maximum atomic E-state index is 12.4. The number of carboxylic acids is 1. The molecule has 0 radical (unpaired) electrons. The average Bonchev–Trinajstić information content (AvgIpc) is 3.20. The highest BCUT2D eigenvalue weighted by molar-refractivity contribution is 6.06. The van der Waals surface area contributed by atoms with E-state index in [1.165, 1.54) is 0 Å². The van der Waals surface area contributed by atoms with Gasteiger partial charge in [0.25, 0.3) is 0 Å². The lowest BCUT2D eigenvalue weighted by molar-refractivity contribution is -0.162. The predicted molar refractivity (Wildman–Crippen MR) is 74.5 cm³/mol. The van der Waals surface area contributed by atoms with Gasteiger partial charge in [0, 0.05) is 0 Å². The molecule has 0 saturated heterocycles. The van der Waals surface area contributed by atoms with Crippen LogP contribution in [0.4, 0.5) is 0 Å². The maximum Gasteiger partial charge on any atom is 0.328 e. The summed E-state index contributed by atoms with van der Waals surface area (Å²) >= 11 is 0. The minimum atomic E-state index is -1.57. The normalized spacial score (nSPS) is 17.3. The first kappa shape index (κ1) is 14.6. The zero-order valence-electron chi connectivity index (χ0n) is 11.9. The number of hydrogen-bond donors (Lipinski definition) is 1. The van der Waals surface area contributed by atoms with E-state index < -0.39 is 17.4 Å². The quantitative estimate of drug-likeness (QED) is 0.641. The van der Waals surface area contributed by atoms with Crippen LogP contribution in [-0.4, -0.2) is 23.7 Å². The number of carbonyl (C=O) groups excluding carboxylic acids is 1. The number of esters is 1. The Labute approximate surface area is 118 Å². The Morgan fingerprint density at radius 2 is 2.00 bits per heavy atom. The van der Waals surface area contributed by atoms with Crippen LogP contribution in [0.25, 0.3) is 0 Å². The Morgan fingerprint density at radius 1 is 1.35 bits per heavy atom. The van der Waals surface area contributed by atoms with E-state index in [9.17, 15) is 14.7 Å². The molecule has 0 amide bonds. The summed E-state index contributed by atoms with van der Waals surface area (Å²) in [6, 6.07) is 7.17. The number of aryl methyl sites for hydroxylation is 1. The Bertz CT molecular complexity index is 519. The summed E-state index contributed by atoms with van der Waals surface area (Å²) in [5.74, 6) is -1.46. The molecule has 2 rings (SSSR count). The number of carbonyl (C=O) groups is 2. The van der Waals surface area contributed by atoms with Crippen LogP contribution in [0, 0.1) is 12.8 Å². The van der Waals surface area contributed by atoms with Crippen LogP contribution in [0.5, 0.6) is 0 Å². The highest BCUT2D eigenvalue weighted by Crippen LogP contribution is 2.44. The van der Waals surface area contributed by atoms with Gasteiger partial charge in [0.1, 0.15) is 0 Å². The summed E-state index contributed by atoms with van der Waals surface area (Å²) in [4.78, 5) is 24.4. The van der Waals surface area contributed by atoms with E-state index in [4.69, 9.17) is 4.74 Å². The minimum absolute atomic E-state index is 0.185. The van der Waals surface area contributed by atoms with Gasteiger partial charge in [-0.2, -0.15) is 0 Å². The van der Waals surface area contributed by atoms with E-state index in [1.807, 2.05) is 19.1 Å². The van der Waals surface area contributed by atoms with Crippen LogP contribution in [0.3, 0.4) is 0 Å². The van der Waals surface area contributed by atoms with Crippen molar-refractivity contribution in [1.82, 2.24) is 0 Å². The van der Waals surface area contributed by atoms with Crippen LogP contribution < -0.4 is 0 Å². The van der Waals surface area contributed by atoms with Gasteiger partial charge in [-0.25, -0.2) is 0 Å². The lowest BCUT2D eigenvalue weighted by atomic mass is 9.74. The van der Waals surface area contributed by atoms with Crippen molar-refractivity contribution in [1.29, 1.82) is 0 Å². The largest absolute Gasteiger partial charge is 0.480 e. The lowest BCUT2D eigenvalue weighted by Crippen LogP contribution is -2.46. The summed E-state index contributed by atoms with van der Waals surface area (Å²) in [6.07, 6.45) is 2.30. The smallest absolute Gasteiger partial charge is 0.328 e. The second-order valence-electron chi connectivity index (χ2n) is 5.39. The number of ether oxygens (including phenoxy) is 1. The number of carboxylic acid groups (broad SMARTS) is 1. The Kier molecular flexibility index (Phi) is 4.12. The molecule has 1 N–H and O–H groups in total. The van der Waals surface area contributed by atoms with Crippen molar-refractivity contribution in [3.8, 4) is 0 Å². The van der Waals surface area contributed by atoms with Crippen molar-refractivity contribution in [2.75, 3.05) is 6.61 Å². The zero-order valence-corrected chi connectivity index (χ0v) is 11.9. The third-order valence-electron chi connectivity index (χ3n) is 3.89. The van der Waals surface area contributed by atoms with Gasteiger partial charge < -0.3 is 9.84 Å². The molecule has 1 atom stereocenters. The standard InChI is InChI=1S/C16H20O4/c1-3-20-15(19)16(14(17)18,10-12-8-9-12)13-7-5-4-6-11(13)2/h4-7,12H,3,8-10H2,1-2H3,(H,17,18). The van der Waals surface area contributed by atoms with Crippen LogP contribution >= 0.6 is 0 Å². The van der Waals surface area contributed by atoms with Crippen LogP contribution in [0.15, 0.2) is 24.3 Å². The second kappa shape index (κ2) is 5.65. The first-order valence-corrected chi connectivity index (χ1v) is 6.99. The molecule has 1 aliphatic rings. The fraction of sp³-hybridized carbons (Fsp3) is 0.500. The number of aliphatic carboxylic acids is 1. The molecule has 0 aliphatic heterocycles. The van der Waals surface area contributed by atoms with Gasteiger partial charge in [-0.05, 0) is 37.3 Å². The van der Waals surface area contributed by atoms with E-state index >= 15 is 0 Å². The molecule has 0 heterocycles. The van der Waals surface area contributed by atoms with Crippen molar-refractivity contribution < 1.29 is 19.4 Å². The highest BCUT2D eigenvalue weighted by atomic mass is 16.5. The first-order valence-electron chi connectivity index (χ1n) is 6.99. The van der Waals surface area contributed by atoms with Crippen LogP contribution in [-0.2, 0) is 19.7 Å². The van der Waals surface area contributed by atoms with E-state index in [2.05, 4.69) is 0 Å². The maximum absolute atomic E-state index is 12.4. The first-order chi connectivity index (χ1) is 9.52. The molecule has 1 aliphatic carbocycles. The van der Waals surface area contributed by atoms with Gasteiger partial charge in [-0.1, -0.05) is 37.1 Å². The number of rotatable bonds is 6. The van der Waals surface area contributed by atoms with Gasteiger partial charge in [0.15, 0.2) is 5.41 Å². The topological polar surface area (TPSA) is 63.6 Å². The monoisotopic (exact) mass is 276 g/mol. The fourth-order valence-electron chi connectivity index (χ4n) is 2.65. The van der Waals surface area contributed by atoms with Gasteiger partial charge in [0.05, 0.1) is 6.61 Å². The van der Waals surface area contributed by atoms with Crippen molar-refractivity contribution >= 4 is 11.9 Å². The molecule has 108 valence electrons. The molecular formula is C16H20O4. The molecule has 0 bridgehead atoms. The van der Waals surface area contributed by atoms with E-state index in [1.54, 1.807) is 19.1 Å². The summed E-state index contributed by atoms with van der Waals surface area (Å²) < 4.78 is 5.09. The molecule has 4 heteroatoms. The zero-order chi connectivity index (χ0) is 14.8. The molecule has 1 aromatic carbocycles. The van der Waals surface area contributed by atoms with Gasteiger partial charge >= 0.3 is 11.9 Å².